The molecule has 0 atom stereocenters. The standard InChI is InChI=1S/C16H18N2O2S/c1-3-20-15-10-5-4-9-14(15)18-16(21)17-12-7-6-8-13(11-12)19-2/h4-11H,3H2,1-2H3,(H2,17,18,21). The highest BCUT2D eigenvalue weighted by molar-refractivity contribution is 7.80. The van der Waals surface area contributed by atoms with E-state index in [-0.39, 0.29) is 0 Å². The van der Waals surface area contributed by atoms with Crippen molar-refractivity contribution >= 4 is 28.7 Å². The second kappa shape index (κ2) is 7.50. The first-order chi connectivity index (χ1) is 10.2. The van der Waals surface area contributed by atoms with Crippen LogP contribution in [0.3, 0.4) is 0 Å². The van der Waals surface area contributed by atoms with Crippen LogP contribution in [-0.4, -0.2) is 18.8 Å². The molecule has 2 aromatic carbocycles. The van der Waals surface area contributed by atoms with Crippen molar-refractivity contribution in [3.05, 3.63) is 48.5 Å². The lowest BCUT2D eigenvalue weighted by Crippen LogP contribution is -2.19. The van der Waals surface area contributed by atoms with Gasteiger partial charge < -0.3 is 20.1 Å². The van der Waals surface area contributed by atoms with Gasteiger partial charge in [-0.1, -0.05) is 18.2 Å². The number of methoxy groups -OCH3 is 1. The van der Waals surface area contributed by atoms with Crippen LogP contribution in [0.25, 0.3) is 0 Å². The first-order valence-corrected chi connectivity index (χ1v) is 7.07. The van der Waals surface area contributed by atoms with E-state index >= 15 is 0 Å². The van der Waals surface area contributed by atoms with E-state index in [0.717, 1.165) is 22.9 Å². The third-order valence-corrected chi connectivity index (χ3v) is 2.97. The summed E-state index contributed by atoms with van der Waals surface area (Å²) in [7, 11) is 1.63. The van der Waals surface area contributed by atoms with E-state index in [0.29, 0.717) is 11.7 Å². The number of nitrogens with one attached hydrogen (secondary N) is 2. The van der Waals surface area contributed by atoms with Gasteiger partial charge in [-0.3, -0.25) is 0 Å². The van der Waals surface area contributed by atoms with Crippen molar-refractivity contribution in [3.8, 4) is 11.5 Å². The van der Waals surface area contributed by atoms with Crippen molar-refractivity contribution in [1.29, 1.82) is 0 Å². The minimum Gasteiger partial charge on any atom is -0.497 e. The summed E-state index contributed by atoms with van der Waals surface area (Å²) in [5.41, 5.74) is 1.69. The number of benzene rings is 2. The van der Waals surface area contributed by atoms with Gasteiger partial charge in [0.1, 0.15) is 11.5 Å². The molecule has 21 heavy (non-hydrogen) atoms. The van der Waals surface area contributed by atoms with E-state index in [2.05, 4.69) is 10.6 Å². The number of hydrogen-bond acceptors (Lipinski definition) is 3. The zero-order valence-electron chi connectivity index (χ0n) is 12.1. The second-order valence-corrected chi connectivity index (χ2v) is 4.65. The Kier molecular flexibility index (Phi) is 5.40. The molecule has 2 aromatic rings. The van der Waals surface area contributed by atoms with Gasteiger partial charge in [0.25, 0.3) is 0 Å². The number of rotatable bonds is 5. The Hall–Kier alpha value is -2.27. The van der Waals surface area contributed by atoms with Crippen molar-refractivity contribution < 1.29 is 9.47 Å². The number of para-hydroxylation sites is 2. The minimum absolute atomic E-state index is 0.496. The molecule has 2 N–H and O–H groups in total. The molecule has 0 saturated carbocycles. The fourth-order valence-electron chi connectivity index (χ4n) is 1.84. The van der Waals surface area contributed by atoms with Crippen LogP contribution in [0, 0.1) is 0 Å². The lowest BCUT2D eigenvalue weighted by atomic mass is 10.3. The van der Waals surface area contributed by atoms with Crippen molar-refractivity contribution in [2.45, 2.75) is 6.92 Å². The number of hydrogen-bond donors (Lipinski definition) is 2. The first kappa shape index (κ1) is 15.1. The predicted octanol–water partition coefficient (Wildman–Crippen LogP) is 3.90. The summed E-state index contributed by atoms with van der Waals surface area (Å²) in [4.78, 5) is 0. The topological polar surface area (TPSA) is 42.5 Å². The number of ether oxygens (including phenoxy) is 2. The maximum absolute atomic E-state index is 5.55. The molecule has 0 aromatic heterocycles. The van der Waals surface area contributed by atoms with Crippen molar-refractivity contribution in [2.75, 3.05) is 24.4 Å². The summed E-state index contributed by atoms with van der Waals surface area (Å²) >= 11 is 5.32. The normalized spacial score (nSPS) is 9.81. The molecule has 0 fully saturated rings. The summed E-state index contributed by atoms with van der Waals surface area (Å²) < 4.78 is 10.7. The fraction of sp³-hybridized carbons (Fsp3) is 0.188. The van der Waals surface area contributed by atoms with Crippen LogP contribution in [0.2, 0.25) is 0 Å². The molecule has 0 radical (unpaired) electrons. The summed E-state index contributed by atoms with van der Waals surface area (Å²) in [6.45, 7) is 2.55. The van der Waals surface area contributed by atoms with Crippen LogP contribution in [0.4, 0.5) is 11.4 Å². The van der Waals surface area contributed by atoms with Gasteiger partial charge in [0.2, 0.25) is 0 Å². The first-order valence-electron chi connectivity index (χ1n) is 6.67. The van der Waals surface area contributed by atoms with Crippen LogP contribution >= 0.6 is 12.2 Å². The molecule has 0 spiro atoms. The molecule has 0 aliphatic rings. The van der Waals surface area contributed by atoms with E-state index in [9.17, 15) is 0 Å². The fourth-order valence-corrected chi connectivity index (χ4v) is 2.06. The highest BCUT2D eigenvalue weighted by Crippen LogP contribution is 2.24. The van der Waals surface area contributed by atoms with E-state index < -0.39 is 0 Å². The molecule has 4 nitrogen and oxygen atoms in total. The van der Waals surface area contributed by atoms with Gasteiger partial charge in [-0.25, -0.2) is 0 Å². The average Bonchev–Trinajstić information content (AvgIpc) is 2.49. The smallest absolute Gasteiger partial charge is 0.175 e. The monoisotopic (exact) mass is 302 g/mol. The zero-order chi connectivity index (χ0) is 15.1. The molecule has 0 bridgehead atoms. The molecular formula is C16H18N2O2S. The Morgan fingerprint density at radius 3 is 2.67 bits per heavy atom. The molecule has 5 heteroatoms. The summed E-state index contributed by atoms with van der Waals surface area (Å²) in [6.07, 6.45) is 0. The Bertz CT molecular complexity index is 617. The van der Waals surface area contributed by atoms with Crippen LogP contribution < -0.4 is 20.1 Å². The van der Waals surface area contributed by atoms with Gasteiger partial charge >= 0.3 is 0 Å². The molecule has 0 amide bonds. The predicted molar refractivity (Wildman–Crippen MR) is 90.4 cm³/mol. The van der Waals surface area contributed by atoms with Crippen molar-refractivity contribution in [1.82, 2.24) is 0 Å². The van der Waals surface area contributed by atoms with Gasteiger partial charge in [0.05, 0.1) is 19.4 Å². The minimum atomic E-state index is 0.496. The third kappa shape index (κ3) is 4.36. The van der Waals surface area contributed by atoms with E-state index in [1.54, 1.807) is 7.11 Å². The molecule has 2 rings (SSSR count). The van der Waals surface area contributed by atoms with E-state index in [1.807, 2.05) is 55.5 Å². The van der Waals surface area contributed by atoms with Gasteiger partial charge in [-0.2, -0.15) is 0 Å². The van der Waals surface area contributed by atoms with Gasteiger partial charge in [0, 0.05) is 11.8 Å². The van der Waals surface area contributed by atoms with Crippen LogP contribution in [0.15, 0.2) is 48.5 Å². The van der Waals surface area contributed by atoms with Crippen LogP contribution in [0.1, 0.15) is 6.92 Å². The SMILES string of the molecule is CCOc1ccccc1NC(=S)Nc1cccc(OC)c1. The molecular weight excluding hydrogens is 284 g/mol. The maximum Gasteiger partial charge on any atom is 0.175 e. The quantitative estimate of drug-likeness (QED) is 0.820. The van der Waals surface area contributed by atoms with Crippen LogP contribution in [0.5, 0.6) is 11.5 Å². The maximum atomic E-state index is 5.55. The second-order valence-electron chi connectivity index (χ2n) is 4.24. The molecule has 110 valence electrons. The average molecular weight is 302 g/mol. The lowest BCUT2D eigenvalue weighted by Gasteiger charge is -2.14. The molecule has 0 aliphatic carbocycles. The summed E-state index contributed by atoms with van der Waals surface area (Å²) in [5, 5.41) is 6.75. The Morgan fingerprint density at radius 2 is 1.90 bits per heavy atom. The zero-order valence-corrected chi connectivity index (χ0v) is 12.9. The highest BCUT2D eigenvalue weighted by atomic mass is 32.1. The summed E-state index contributed by atoms with van der Waals surface area (Å²) in [5.74, 6) is 1.55. The molecule has 0 heterocycles. The Morgan fingerprint density at radius 1 is 1.10 bits per heavy atom. The van der Waals surface area contributed by atoms with Gasteiger partial charge in [-0.05, 0) is 43.4 Å². The van der Waals surface area contributed by atoms with Gasteiger partial charge in [-0.15, -0.1) is 0 Å². The summed E-state index contributed by atoms with van der Waals surface area (Å²) in [6, 6.07) is 15.3. The van der Waals surface area contributed by atoms with E-state index in [1.165, 1.54) is 0 Å². The van der Waals surface area contributed by atoms with Crippen molar-refractivity contribution in [3.63, 3.8) is 0 Å². The van der Waals surface area contributed by atoms with Gasteiger partial charge in [0.15, 0.2) is 5.11 Å². The highest BCUT2D eigenvalue weighted by Gasteiger charge is 2.05. The largest absolute Gasteiger partial charge is 0.497 e. The third-order valence-electron chi connectivity index (χ3n) is 2.76. The Labute approximate surface area is 130 Å². The number of anilines is 2. The lowest BCUT2D eigenvalue weighted by molar-refractivity contribution is 0.342. The molecule has 0 unspecified atom stereocenters. The van der Waals surface area contributed by atoms with Crippen LogP contribution in [-0.2, 0) is 0 Å². The molecule has 0 saturated heterocycles. The Balaban J connectivity index is 2.04. The van der Waals surface area contributed by atoms with E-state index in [4.69, 9.17) is 21.7 Å². The number of thiocarbonyl (C=S) groups is 1. The van der Waals surface area contributed by atoms with Crippen molar-refractivity contribution in [2.24, 2.45) is 0 Å². The molecule has 0 aliphatic heterocycles.